The van der Waals surface area contributed by atoms with Crippen LogP contribution in [0.15, 0.2) is 18.3 Å². The van der Waals surface area contributed by atoms with Crippen molar-refractivity contribution in [1.29, 1.82) is 0 Å². The molecule has 0 aliphatic heterocycles. The molecule has 0 unspecified atom stereocenters. The molecule has 1 rings (SSSR count). The van der Waals surface area contributed by atoms with Gasteiger partial charge in [-0.25, -0.2) is 4.79 Å². The zero-order valence-electron chi connectivity index (χ0n) is 8.50. The Kier molecular flexibility index (Phi) is 3.06. The van der Waals surface area contributed by atoms with E-state index in [1.165, 1.54) is 6.20 Å². The highest BCUT2D eigenvalue weighted by Gasteiger charge is 2.15. The van der Waals surface area contributed by atoms with E-state index < -0.39 is 11.7 Å². The van der Waals surface area contributed by atoms with Crippen LogP contribution >= 0.6 is 0 Å². The summed E-state index contributed by atoms with van der Waals surface area (Å²) in [5.74, 6) is 0. The zero-order valence-corrected chi connectivity index (χ0v) is 8.50. The highest BCUT2D eigenvalue weighted by atomic mass is 16.6. The molecule has 14 heavy (non-hydrogen) atoms. The topological polar surface area (TPSA) is 51.2 Å². The minimum Gasteiger partial charge on any atom is -0.444 e. The molecule has 0 aliphatic carbocycles. The van der Waals surface area contributed by atoms with Crippen molar-refractivity contribution in [3.63, 3.8) is 0 Å². The Hall–Kier alpha value is -1.58. The van der Waals surface area contributed by atoms with Crippen LogP contribution in [0.3, 0.4) is 0 Å². The molecule has 4 nitrogen and oxygen atoms in total. The van der Waals surface area contributed by atoms with Crippen LogP contribution in [-0.2, 0) is 4.74 Å². The lowest BCUT2D eigenvalue weighted by Gasteiger charge is -2.19. The van der Waals surface area contributed by atoms with Crippen LogP contribution in [0.5, 0.6) is 0 Å². The van der Waals surface area contributed by atoms with E-state index in [1.54, 1.807) is 12.1 Å². The summed E-state index contributed by atoms with van der Waals surface area (Å²) in [5.41, 5.74) is 0.108. The van der Waals surface area contributed by atoms with Gasteiger partial charge in [-0.3, -0.25) is 10.3 Å². The quantitative estimate of drug-likeness (QED) is 0.744. The van der Waals surface area contributed by atoms with Gasteiger partial charge in [0.15, 0.2) is 0 Å². The average Bonchev–Trinajstić information content (AvgIpc) is 2.02. The van der Waals surface area contributed by atoms with Crippen molar-refractivity contribution in [2.45, 2.75) is 26.4 Å². The van der Waals surface area contributed by atoms with Gasteiger partial charge in [0.1, 0.15) is 5.60 Å². The third-order valence-electron chi connectivity index (χ3n) is 1.26. The first kappa shape index (κ1) is 10.5. The van der Waals surface area contributed by atoms with Crippen LogP contribution in [0.1, 0.15) is 20.8 Å². The number of hydrogen-bond acceptors (Lipinski definition) is 3. The van der Waals surface area contributed by atoms with Gasteiger partial charge >= 0.3 is 6.09 Å². The average molecular weight is 193 g/mol. The molecule has 1 aromatic rings. The second-order valence-corrected chi connectivity index (χ2v) is 3.80. The van der Waals surface area contributed by atoms with Crippen LogP contribution < -0.4 is 5.32 Å². The van der Waals surface area contributed by atoms with Crippen molar-refractivity contribution in [2.24, 2.45) is 0 Å². The fraction of sp³-hybridized carbons (Fsp3) is 0.400. The standard InChI is InChI=1S/C10H13N2O2/c1-10(2,3)14-9(13)12-8-5-4-6-11-7-8/h4-5,7H,1-3H3,(H,12,13). The van der Waals surface area contributed by atoms with Crippen molar-refractivity contribution in [1.82, 2.24) is 4.98 Å². The fourth-order valence-corrected chi connectivity index (χ4v) is 0.815. The minimum absolute atomic E-state index is 0.481. The summed E-state index contributed by atoms with van der Waals surface area (Å²) in [4.78, 5) is 15.0. The normalized spacial score (nSPS) is 10.8. The van der Waals surface area contributed by atoms with Gasteiger partial charge in [0.05, 0.1) is 18.1 Å². The van der Waals surface area contributed by atoms with Gasteiger partial charge in [-0.15, -0.1) is 0 Å². The van der Waals surface area contributed by atoms with Crippen LogP contribution in [0.25, 0.3) is 0 Å². The summed E-state index contributed by atoms with van der Waals surface area (Å²) in [6.45, 7) is 5.43. The Labute approximate surface area is 83.3 Å². The lowest BCUT2D eigenvalue weighted by atomic mass is 10.2. The molecule has 0 saturated heterocycles. The highest BCUT2D eigenvalue weighted by Crippen LogP contribution is 2.09. The van der Waals surface area contributed by atoms with Crippen molar-refractivity contribution in [3.8, 4) is 0 Å². The predicted octanol–water partition coefficient (Wildman–Crippen LogP) is 2.23. The fourth-order valence-electron chi connectivity index (χ4n) is 0.815. The minimum atomic E-state index is -0.488. The molecular formula is C10H13N2O2. The molecule has 0 bridgehead atoms. The lowest BCUT2D eigenvalue weighted by molar-refractivity contribution is 0.0636. The molecule has 0 fully saturated rings. The number of hydrogen-bond donors (Lipinski definition) is 1. The van der Waals surface area contributed by atoms with E-state index >= 15 is 0 Å². The van der Waals surface area contributed by atoms with Crippen LogP contribution in [0.4, 0.5) is 10.5 Å². The first-order chi connectivity index (χ1) is 6.47. The van der Waals surface area contributed by atoms with Gasteiger partial charge in [0, 0.05) is 0 Å². The number of carbonyl (C=O) groups is 1. The molecule has 0 saturated carbocycles. The Morgan fingerprint density at radius 2 is 2.29 bits per heavy atom. The first-order valence-electron chi connectivity index (χ1n) is 4.29. The van der Waals surface area contributed by atoms with Crippen molar-refractivity contribution in [2.75, 3.05) is 5.32 Å². The summed E-state index contributed by atoms with van der Waals surface area (Å²) >= 11 is 0. The van der Waals surface area contributed by atoms with Gasteiger partial charge in [0.25, 0.3) is 0 Å². The number of carbonyl (C=O) groups excluding carboxylic acids is 1. The summed E-state index contributed by atoms with van der Waals surface area (Å²) in [5, 5.41) is 2.55. The zero-order chi connectivity index (χ0) is 10.6. The van der Waals surface area contributed by atoms with E-state index in [-0.39, 0.29) is 0 Å². The van der Waals surface area contributed by atoms with Crippen LogP contribution in [-0.4, -0.2) is 16.7 Å². The number of anilines is 1. The van der Waals surface area contributed by atoms with E-state index in [4.69, 9.17) is 4.74 Å². The van der Waals surface area contributed by atoms with Crippen LogP contribution in [0, 0.1) is 6.20 Å². The molecular weight excluding hydrogens is 180 g/mol. The Bertz CT molecular complexity index is 304. The maximum Gasteiger partial charge on any atom is 0.412 e. The summed E-state index contributed by atoms with van der Waals surface area (Å²) in [6, 6.07) is 3.31. The molecule has 1 amide bonds. The summed E-state index contributed by atoms with van der Waals surface area (Å²) in [7, 11) is 0. The van der Waals surface area contributed by atoms with E-state index in [9.17, 15) is 4.79 Å². The molecule has 1 heterocycles. The predicted molar refractivity (Wildman–Crippen MR) is 52.9 cm³/mol. The third kappa shape index (κ3) is 3.89. The molecule has 0 aromatic carbocycles. The molecule has 1 aromatic heterocycles. The smallest absolute Gasteiger partial charge is 0.412 e. The Morgan fingerprint density at radius 1 is 1.57 bits per heavy atom. The summed E-state index contributed by atoms with van der Waals surface area (Å²) < 4.78 is 5.05. The van der Waals surface area contributed by atoms with Gasteiger partial charge in [-0.05, 0) is 32.9 Å². The van der Waals surface area contributed by atoms with Gasteiger partial charge < -0.3 is 4.74 Å². The number of ether oxygens (including phenoxy) is 1. The van der Waals surface area contributed by atoms with Gasteiger partial charge in [0.2, 0.25) is 0 Å². The van der Waals surface area contributed by atoms with E-state index in [1.807, 2.05) is 20.8 Å². The first-order valence-corrected chi connectivity index (χ1v) is 4.29. The maximum absolute atomic E-state index is 11.3. The number of rotatable bonds is 1. The van der Waals surface area contributed by atoms with Crippen molar-refractivity contribution < 1.29 is 9.53 Å². The van der Waals surface area contributed by atoms with Gasteiger partial charge in [-0.1, -0.05) is 0 Å². The maximum atomic E-state index is 11.3. The Morgan fingerprint density at radius 3 is 2.79 bits per heavy atom. The van der Waals surface area contributed by atoms with Crippen molar-refractivity contribution >= 4 is 11.8 Å². The van der Waals surface area contributed by atoms with Crippen LogP contribution in [0.2, 0.25) is 0 Å². The monoisotopic (exact) mass is 193 g/mol. The van der Waals surface area contributed by atoms with E-state index in [2.05, 4.69) is 16.5 Å². The molecule has 0 spiro atoms. The SMILES string of the molecule is CC(C)(C)OC(=O)Nc1cc[c]nc1. The third-order valence-corrected chi connectivity index (χ3v) is 1.26. The largest absolute Gasteiger partial charge is 0.444 e. The number of pyridine rings is 1. The second kappa shape index (κ2) is 4.09. The lowest BCUT2D eigenvalue weighted by Crippen LogP contribution is -2.27. The molecule has 4 heteroatoms. The number of aromatic nitrogens is 1. The summed E-state index contributed by atoms with van der Waals surface area (Å²) in [6.07, 6.45) is 3.64. The number of nitrogens with one attached hydrogen (secondary N) is 1. The van der Waals surface area contributed by atoms with E-state index in [0.717, 1.165) is 0 Å². The highest BCUT2D eigenvalue weighted by molar-refractivity contribution is 5.84. The molecule has 0 aliphatic rings. The molecule has 1 N–H and O–H groups in total. The number of amides is 1. The van der Waals surface area contributed by atoms with Gasteiger partial charge in [-0.2, -0.15) is 0 Å². The molecule has 75 valence electrons. The Balaban J connectivity index is 2.50. The molecule has 0 atom stereocenters. The number of nitrogens with zero attached hydrogens (tertiary/aromatic N) is 1. The molecule has 1 radical (unpaired) electrons. The van der Waals surface area contributed by atoms with E-state index in [0.29, 0.717) is 5.69 Å². The van der Waals surface area contributed by atoms with Crippen molar-refractivity contribution in [3.05, 3.63) is 24.5 Å². The second-order valence-electron chi connectivity index (χ2n) is 3.80.